The molecular formula is C20H17Br2ClN4O2. The molecule has 3 amide bonds. The summed E-state index contributed by atoms with van der Waals surface area (Å²) in [4.78, 5) is 34.1. The minimum absolute atomic E-state index is 0.0577. The van der Waals surface area contributed by atoms with Crippen LogP contribution < -0.4 is 10.2 Å². The number of rotatable bonds is 0. The molecular weight excluding hydrogens is 524 g/mol. The summed E-state index contributed by atoms with van der Waals surface area (Å²) in [6.07, 6.45) is 4.60. The highest BCUT2D eigenvalue weighted by Crippen LogP contribution is 2.68. The Kier molecular flexibility index (Phi) is 3.34. The SMILES string of the molecule is CC1(C)[C@@H](Cl)CC23[C@@H]4CC(=O)N2C=CC2=NC(=O)N[C@]21N3c1cc(Br)cc(Br)c14. The van der Waals surface area contributed by atoms with E-state index in [4.69, 9.17) is 11.6 Å². The van der Waals surface area contributed by atoms with Gasteiger partial charge in [-0.25, -0.2) is 4.79 Å². The average Bonchev–Trinajstić information content (AvgIpc) is 3.14. The number of carbonyl (C=O) groups excluding carboxylic acids is 2. The molecule has 0 aromatic heterocycles. The maximum atomic E-state index is 13.1. The Morgan fingerprint density at radius 1 is 1.28 bits per heavy atom. The number of nitrogens with zero attached hydrogens (tertiary/aromatic N) is 3. The number of hydrogen-bond acceptors (Lipinski definition) is 3. The van der Waals surface area contributed by atoms with Crippen LogP contribution in [-0.4, -0.2) is 39.3 Å². The molecule has 29 heavy (non-hydrogen) atoms. The second-order valence-corrected chi connectivity index (χ2v) is 11.2. The van der Waals surface area contributed by atoms with Crippen LogP contribution in [0.2, 0.25) is 0 Å². The molecule has 1 unspecified atom stereocenters. The van der Waals surface area contributed by atoms with E-state index in [9.17, 15) is 9.59 Å². The lowest BCUT2D eigenvalue weighted by Crippen LogP contribution is -2.81. The van der Waals surface area contributed by atoms with Gasteiger partial charge in [-0.15, -0.1) is 11.6 Å². The number of anilines is 1. The Bertz CT molecular complexity index is 1100. The number of nitrogens with one attached hydrogen (secondary N) is 1. The van der Waals surface area contributed by atoms with E-state index in [0.29, 0.717) is 18.6 Å². The Morgan fingerprint density at radius 3 is 2.79 bits per heavy atom. The number of alkyl halides is 1. The molecule has 5 aliphatic rings. The van der Waals surface area contributed by atoms with Crippen molar-refractivity contribution in [3.8, 4) is 0 Å². The van der Waals surface area contributed by atoms with Crippen molar-refractivity contribution in [2.45, 2.75) is 49.3 Å². The zero-order chi connectivity index (χ0) is 20.5. The Hall–Kier alpha value is -1.38. The molecule has 1 aromatic carbocycles. The molecule has 2 saturated heterocycles. The van der Waals surface area contributed by atoms with Crippen LogP contribution >= 0.6 is 43.5 Å². The lowest BCUT2D eigenvalue weighted by atomic mass is 9.65. The quantitative estimate of drug-likeness (QED) is 0.494. The van der Waals surface area contributed by atoms with E-state index >= 15 is 0 Å². The van der Waals surface area contributed by atoms with Gasteiger partial charge in [0, 0.05) is 50.4 Å². The number of hydrogen-bond donors (Lipinski definition) is 1. The van der Waals surface area contributed by atoms with Crippen molar-refractivity contribution in [3.05, 3.63) is 38.9 Å². The minimum atomic E-state index is -0.950. The second-order valence-electron chi connectivity index (χ2n) is 8.90. The standard InChI is InChI=1S/C20H17Br2ClN4O2/c1-18(2)13(23)8-19-10-7-15(28)26(19)4-3-14-20(18,25-17(29)24-14)27(19)12-6-9(21)5-11(22)16(10)12/h3-6,10,13H,7-8H2,1-2H3,(H,25,29)/t10-,13+,19?,20+/m1/s1. The minimum Gasteiger partial charge on any atom is -0.318 e. The normalized spacial score (nSPS) is 37.8. The highest BCUT2D eigenvalue weighted by molar-refractivity contribution is 9.11. The number of carbonyl (C=O) groups is 2. The topological polar surface area (TPSA) is 65.0 Å². The first-order valence-electron chi connectivity index (χ1n) is 9.49. The van der Waals surface area contributed by atoms with E-state index < -0.39 is 16.7 Å². The maximum Gasteiger partial charge on any atom is 0.343 e. The van der Waals surface area contributed by atoms with Gasteiger partial charge >= 0.3 is 6.03 Å². The first-order chi connectivity index (χ1) is 13.6. The third-order valence-corrected chi connectivity index (χ3v) is 9.28. The fourth-order valence-corrected chi connectivity index (χ4v) is 8.04. The van der Waals surface area contributed by atoms with Crippen LogP contribution in [0, 0.1) is 5.41 Å². The molecule has 9 heteroatoms. The predicted octanol–water partition coefficient (Wildman–Crippen LogP) is 4.47. The third-order valence-electron chi connectivity index (χ3n) is 7.46. The van der Waals surface area contributed by atoms with Gasteiger partial charge in [-0.3, -0.25) is 9.69 Å². The fourth-order valence-electron chi connectivity index (χ4n) is 6.18. The summed E-state index contributed by atoms with van der Waals surface area (Å²) in [6.45, 7) is 4.14. The van der Waals surface area contributed by atoms with Crippen molar-refractivity contribution in [2.24, 2.45) is 10.4 Å². The molecule has 0 saturated carbocycles. The number of amides is 3. The molecule has 6 rings (SSSR count). The van der Waals surface area contributed by atoms with Gasteiger partial charge in [-0.1, -0.05) is 45.7 Å². The van der Waals surface area contributed by atoms with E-state index in [2.05, 4.69) is 67.0 Å². The van der Waals surface area contributed by atoms with Gasteiger partial charge in [0.05, 0.1) is 5.71 Å². The molecule has 2 fully saturated rings. The summed E-state index contributed by atoms with van der Waals surface area (Å²) in [5.74, 6) is -0.00876. The summed E-state index contributed by atoms with van der Waals surface area (Å²) >= 11 is 14.4. The summed E-state index contributed by atoms with van der Waals surface area (Å²) in [7, 11) is 0. The van der Waals surface area contributed by atoms with Crippen LogP contribution in [0.4, 0.5) is 10.5 Å². The molecule has 0 radical (unpaired) electrons. The number of urea groups is 1. The van der Waals surface area contributed by atoms with Crippen LogP contribution in [0.15, 0.2) is 38.3 Å². The Labute approximate surface area is 189 Å². The Morgan fingerprint density at radius 2 is 2.03 bits per heavy atom. The highest BCUT2D eigenvalue weighted by atomic mass is 79.9. The third kappa shape index (κ3) is 1.80. The molecule has 6 nitrogen and oxygen atoms in total. The number of halogens is 3. The fraction of sp³-hybridized carbons (Fsp3) is 0.450. The molecule has 150 valence electrons. The zero-order valence-corrected chi connectivity index (χ0v) is 19.6. The maximum absolute atomic E-state index is 13.1. The molecule has 4 atom stereocenters. The smallest absolute Gasteiger partial charge is 0.318 e. The predicted molar refractivity (Wildman–Crippen MR) is 117 cm³/mol. The number of piperidine rings is 1. The van der Waals surface area contributed by atoms with Crippen molar-refractivity contribution in [3.63, 3.8) is 0 Å². The lowest BCUT2D eigenvalue weighted by molar-refractivity contribution is -0.129. The largest absolute Gasteiger partial charge is 0.343 e. The van der Waals surface area contributed by atoms with Crippen molar-refractivity contribution >= 4 is 66.8 Å². The van der Waals surface area contributed by atoms with Crippen LogP contribution in [0.1, 0.15) is 38.2 Å². The monoisotopic (exact) mass is 538 g/mol. The first kappa shape index (κ1) is 18.4. The van der Waals surface area contributed by atoms with Gasteiger partial charge in [0.15, 0.2) is 5.66 Å². The summed E-state index contributed by atoms with van der Waals surface area (Å²) < 4.78 is 1.87. The molecule has 5 aliphatic heterocycles. The Balaban J connectivity index is 1.78. The van der Waals surface area contributed by atoms with E-state index in [-0.39, 0.29) is 23.2 Å². The number of aliphatic imine (C=N–C) groups is 1. The van der Waals surface area contributed by atoms with Gasteiger partial charge in [0.1, 0.15) is 5.66 Å². The van der Waals surface area contributed by atoms with Crippen molar-refractivity contribution in [1.82, 2.24) is 10.2 Å². The summed E-state index contributed by atoms with van der Waals surface area (Å²) in [5.41, 5.74) is 0.495. The lowest BCUT2D eigenvalue weighted by Gasteiger charge is -2.63. The number of benzene rings is 1. The first-order valence-corrected chi connectivity index (χ1v) is 11.5. The highest BCUT2D eigenvalue weighted by Gasteiger charge is 2.76. The second kappa shape index (κ2) is 5.26. The molecule has 1 N–H and O–H groups in total. The van der Waals surface area contributed by atoms with Crippen molar-refractivity contribution < 1.29 is 9.59 Å². The van der Waals surface area contributed by atoms with E-state index in [1.54, 1.807) is 6.20 Å². The molecule has 2 spiro atoms. The molecule has 0 aliphatic carbocycles. The van der Waals surface area contributed by atoms with Crippen LogP contribution in [0.25, 0.3) is 0 Å². The van der Waals surface area contributed by atoms with Crippen LogP contribution in [-0.2, 0) is 4.79 Å². The average molecular weight is 541 g/mol. The van der Waals surface area contributed by atoms with Gasteiger partial charge in [0.25, 0.3) is 0 Å². The van der Waals surface area contributed by atoms with Gasteiger partial charge in [-0.05, 0) is 23.8 Å². The molecule has 2 bridgehead atoms. The van der Waals surface area contributed by atoms with Gasteiger partial charge < -0.3 is 10.2 Å². The number of fused-ring (bicyclic) bond motifs is 2. The van der Waals surface area contributed by atoms with Crippen molar-refractivity contribution in [2.75, 3.05) is 4.90 Å². The van der Waals surface area contributed by atoms with Gasteiger partial charge in [0.2, 0.25) is 5.91 Å². The molecule has 5 heterocycles. The van der Waals surface area contributed by atoms with Crippen molar-refractivity contribution in [1.29, 1.82) is 0 Å². The zero-order valence-electron chi connectivity index (χ0n) is 15.7. The summed E-state index contributed by atoms with van der Waals surface area (Å²) in [6, 6.07) is 3.70. The van der Waals surface area contributed by atoms with E-state index in [1.165, 1.54) is 0 Å². The van der Waals surface area contributed by atoms with E-state index in [0.717, 1.165) is 20.2 Å². The van der Waals surface area contributed by atoms with E-state index in [1.807, 2.05) is 17.0 Å². The van der Waals surface area contributed by atoms with Crippen LogP contribution in [0.3, 0.4) is 0 Å². The summed E-state index contributed by atoms with van der Waals surface area (Å²) in [5, 5.41) is 2.89. The molecule has 1 aromatic rings. The van der Waals surface area contributed by atoms with Gasteiger partial charge in [-0.2, -0.15) is 4.99 Å². The van der Waals surface area contributed by atoms with Crippen LogP contribution in [0.5, 0.6) is 0 Å².